The van der Waals surface area contributed by atoms with Gasteiger partial charge in [0.15, 0.2) is 0 Å². The zero-order chi connectivity index (χ0) is 11.5. The second kappa shape index (κ2) is 5.00. The summed E-state index contributed by atoms with van der Waals surface area (Å²) in [5.74, 6) is 0. The minimum absolute atomic E-state index is 0.204. The molecule has 1 aliphatic heterocycles. The maximum absolute atomic E-state index is 12.0. The first-order valence-corrected chi connectivity index (χ1v) is 4.61. The summed E-state index contributed by atoms with van der Waals surface area (Å²) in [6.45, 7) is -0.402. The quantitative estimate of drug-likeness (QED) is 0.719. The summed E-state index contributed by atoms with van der Waals surface area (Å²) in [6, 6.07) is 0. The van der Waals surface area contributed by atoms with Gasteiger partial charge in [-0.15, -0.1) is 0 Å². The molecule has 15 heavy (non-hydrogen) atoms. The third-order valence-electron chi connectivity index (χ3n) is 2.27. The van der Waals surface area contributed by atoms with Gasteiger partial charge in [0.05, 0.1) is 6.54 Å². The molecule has 7 heteroatoms. The summed E-state index contributed by atoms with van der Waals surface area (Å²) < 4.78 is 40.7. The van der Waals surface area contributed by atoms with E-state index in [0.29, 0.717) is 18.4 Å². The van der Waals surface area contributed by atoms with Gasteiger partial charge >= 0.3 is 13.3 Å². The Hall–Kier alpha value is -0.525. The molecule has 3 nitrogen and oxygen atoms in total. The van der Waals surface area contributed by atoms with Crippen LogP contribution in [0.3, 0.4) is 0 Å². The lowest BCUT2D eigenvalue weighted by molar-refractivity contribution is -0.145. The molecule has 0 saturated heterocycles. The molecular weight excluding hydrogens is 210 g/mol. The van der Waals surface area contributed by atoms with Gasteiger partial charge in [0, 0.05) is 20.2 Å². The molecule has 0 aromatic heterocycles. The smallest absolute Gasteiger partial charge is 0.423 e. The van der Waals surface area contributed by atoms with E-state index >= 15 is 0 Å². The zero-order valence-electron chi connectivity index (χ0n) is 8.42. The molecule has 0 spiro atoms. The van der Waals surface area contributed by atoms with Crippen LogP contribution in [-0.2, 0) is 4.65 Å². The molecule has 0 bridgehead atoms. The number of hydrogen-bond acceptors (Lipinski definition) is 3. The highest BCUT2D eigenvalue weighted by Gasteiger charge is 2.32. The number of rotatable bonds is 3. The van der Waals surface area contributed by atoms with Crippen molar-refractivity contribution in [3.8, 4) is 0 Å². The van der Waals surface area contributed by atoms with Crippen molar-refractivity contribution in [2.45, 2.75) is 12.6 Å². The van der Waals surface area contributed by atoms with Gasteiger partial charge in [-0.2, -0.15) is 13.2 Å². The standard InChI is InChI=1S/C8H13BF3NO2/c1-15-9(14)7-2-4-13(5-3-7)6-8(10,11)12/h2,14H,3-6H2,1H3. The lowest BCUT2D eigenvalue weighted by Gasteiger charge is -2.27. The third kappa shape index (κ3) is 4.23. The van der Waals surface area contributed by atoms with Crippen LogP contribution in [-0.4, -0.2) is 50.0 Å². The predicted octanol–water partition coefficient (Wildman–Crippen LogP) is 0.847. The third-order valence-corrected chi connectivity index (χ3v) is 2.27. The lowest BCUT2D eigenvalue weighted by atomic mass is 9.75. The second-order valence-corrected chi connectivity index (χ2v) is 3.47. The van der Waals surface area contributed by atoms with Crippen LogP contribution in [0.15, 0.2) is 11.5 Å². The van der Waals surface area contributed by atoms with E-state index in [0.717, 1.165) is 0 Å². The van der Waals surface area contributed by atoms with Crippen LogP contribution < -0.4 is 0 Å². The van der Waals surface area contributed by atoms with E-state index in [9.17, 15) is 18.2 Å². The lowest BCUT2D eigenvalue weighted by Crippen LogP contribution is -2.39. The highest BCUT2D eigenvalue weighted by Crippen LogP contribution is 2.20. The number of nitrogens with zero attached hydrogens (tertiary/aromatic N) is 1. The first-order valence-electron chi connectivity index (χ1n) is 4.61. The molecule has 0 aromatic rings. The molecule has 0 aliphatic carbocycles. The van der Waals surface area contributed by atoms with E-state index < -0.39 is 19.8 Å². The van der Waals surface area contributed by atoms with E-state index in [-0.39, 0.29) is 6.54 Å². The molecule has 0 unspecified atom stereocenters. The monoisotopic (exact) mass is 223 g/mol. The maximum Gasteiger partial charge on any atom is 0.486 e. The summed E-state index contributed by atoms with van der Waals surface area (Å²) in [6.07, 6.45) is -2.17. The van der Waals surface area contributed by atoms with Crippen molar-refractivity contribution < 1.29 is 22.8 Å². The summed E-state index contributed by atoms with van der Waals surface area (Å²) >= 11 is 0. The zero-order valence-corrected chi connectivity index (χ0v) is 8.42. The van der Waals surface area contributed by atoms with Crippen molar-refractivity contribution >= 4 is 7.12 Å². The van der Waals surface area contributed by atoms with E-state index in [1.807, 2.05) is 0 Å². The summed E-state index contributed by atoms with van der Waals surface area (Å²) in [5, 5.41) is 9.27. The highest BCUT2D eigenvalue weighted by atomic mass is 19.4. The molecule has 0 aromatic carbocycles. The molecule has 0 radical (unpaired) electrons. The normalized spacial score (nSPS) is 18.9. The molecule has 0 fully saturated rings. The van der Waals surface area contributed by atoms with Crippen molar-refractivity contribution in [3.05, 3.63) is 11.5 Å². The Morgan fingerprint density at radius 3 is 2.67 bits per heavy atom. The van der Waals surface area contributed by atoms with Crippen molar-refractivity contribution in [1.29, 1.82) is 0 Å². The molecule has 1 aliphatic rings. The van der Waals surface area contributed by atoms with Gasteiger partial charge < -0.3 is 9.68 Å². The average Bonchev–Trinajstić information content (AvgIpc) is 2.15. The number of hydrogen-bond donors (Lipinski definition) is 1. The fourth-order valence-corrected chi connectivity index (χ4v) is 1.50. The van der Waals surface area contributed by atoms with Crippen molar-refractivity contribution in [3.63, 3.8) is 0 Å². The molecule has 86 valence electrons. The van der Waals surface area contributed by atoms with Crippen molar-refractivity contribution in [2.24, 2.45) is 0 Å². The molecule has 0 atom stereocenters. The van der Waals surface area contributed by atoms with Crippen LogP contribution in [0, 0.1) is 0 Å². The van der Waals surface area contributed by atoms with Gasteiger partial charge in [-0.25, -0.2) is 0 Å². The van der Waals surface area contributed by atoms with E-state index in [1.54, 1.807) is 6.08 Å². The average molecular weight is 223 g/mol. The molecule has 0 saturated carbocycles. The van der Waals surface area contributed by atoms with Gasteiger partial charge in [-0.05, 0) is 11.9 Å². The summed E-state index contributed by atoms with van der Waals surface area (Å²) in [7, 11) is 0.367. The minimum Gasteiger partial charge on any atom is -0.423 e. The molecule has 1 N–H and O–H groups in total. The van der Waals surface area contributed by atoms with Crippen molar-refractivity contribution in [1.82, 2.24) is 4.90 Å². The fraction of sp³-hybridized carbons (Fsp3) is 0.750. The van der Waals surface area contributed by atoms with Gasteiger partial charge in [-0.3, -0.25) is 4.90 Å². The Kier molecular flexibility index (Phi) is 4.18. The Labute approximate surface area is 86.7 Å². The summed E-state index contributed by atoms with van der Waals surface area (Å²) in [4.78, 5) is 1.28. The first-order chi connectivity index (χ1) is 6.92. The van der Waals surface area contributed by atoms with Gasteiger partial charge in [0.25, 0.3) is 0 Å². The van der Waals surface area contributed by atoms with Gasteiger partial charge in [-0.1, -0.05) is 6.08 Å². The predicted molar refractivity (Wildman–Crippen MR) is 50.2 cm³/mol. The SMILES string of the molecule is COB(O)C1=CCN(CC(F)(F)F)CC1. The molecular formula is C8H13BF3NO2. The Balaban J connectivity index is 2.44. The fourth-order valence-electron chi connectivity index (χ4n) is 1.50. The second-order valence-electron chi connectivity index (χ2n) is 3.47. The summed E-state index contributed by atoms with van der Waals surface area (Å²) in [5.41, 5.74) is 0.649. The Morgan fingerprint density at radius 1 is 1.60 bits per heavy atom. The molecule has 1 rings (SSSR count). The van der Waals surface area contributed by atoms with E-state index in [1.165, 1.54) is 12.0 Å². The topological polar surface area (TPSA) is 32.7 Å². The van der Waals surface area contributed by atoms with Crippen LogP contribution in [0.25, 0.3) is 0 Å². The van der Waals surface area contributed by atoms with Crippen molar-refractivity contribution in [2.75, 3.05) is 26.7 Å². The largest absolute Gasteiger partial charge is 0.486 e. The number of halogens is 3. The van der Waals surface area contributed by atoms with Crippen LogP contribution in [0.4, 0.5) is 13.2 Å². The maximum atomic E-state index is 12.0. The Bertz CT molecular complexity index is 245. The van der Waals surface area contributed by atoms with Crippen LogP contribution in [0.2, 0.25) is 0 Å². The first kappa shape index (κ1) is 12.5. The van der Waals surface area contributed by atoms with Crippen LogP contribution >= 0.6 is 0 Å². The van der Waals surface area contributed by atoms with E-state index in [4.69, 9.17) is 0 Å². The van der Waals surface area contributed by atoms with Crippen LogP contribution in [0.5, 0.6) is 0 Å². The molecule has 1 heterocycles. The Morgan fingerprint density at radius 2 is 2.27 bits per heavy atom. The van der Waals surface area contributed by atoms with Gasteiger partial charge in [0.2, 0.25) is 0 Å². The molecule has 0 amide bonds. The van der Waals surface area contributed by atoms with Crippen LogP contribution in [0.1, 0.15) is 6.42 Å². The number of alkyl halides is 3. The van der Waals surface area contributed by atoms with E-state index in [2.05, 4.69) is 4.65 Å². The van der Waals surface area contributed by atoms with Gasteiger partial charge in [0.1, 0.15) is 0 Å². The highest BCUT2D eigenvalue weighted by molar-refractivity contribution is 6.52. The minimum atomic E-state index is -4.16.